The van der Waals surface area contributed by atoms with Gasteiger partial charge in [0, 0.05) is 33.7 Å². The first-order valence-electron chi connectivity index (χ1n) is 21.3. The zero-order valence-corrected chi connectivity index (χ0v) is 35.0. The second-order valence-electron chi connectivity index (χ2n) is 15.8. The first kappa shape index (κ1) is 38.3. The first-order valence-corrected chi connectivity index (χ1v) is 21.3. The zero-order valence-electron chi connectivity index (χ0n) is 35.0. The van der Waals surface area contributed by atoms with E-state index in [1.165, 1.54) is 60.7 Å². The van der Waals surface area contributed by atoms with Gasteiger partial charge >= 0.3 is 0 Å². The lowest BCUT2D eigenvalue weighted by atomic mass is 9.98. The maximum absolute atomic E-state index is 4.18. The van der Waals surface area contributed by atoms with E-state index < -0.39 is 0 Å². The quantitative estimate of drug-likeness (QED) is 0.134. The monoisotopic (exact) mass is 794 g/mol. The lowest BCUT2D eigenvalue weighted by Crippen LogP contribution is -2.11. The molecule has 0 aliphatic carbocycles. The van der Waals surface area contributed by atoms with Crippen LogP contribution in [0.4, 0.5) is 17.1 Å². The average molecular weight is 795 g/mol. The van der Waals surface area contributed by atoms with E-state index in [2.05, 4.69) is 254 Å². The number of benzene rings is 9. The third-order valence-electron chi connectivity index (χ3n) is 12.0. The Hall–Kier alpha value is -7.94. The highest BCUT2D eigenvalue weighted by Crippen LogP contribution is 2.41. The summed E-state index contributed by atoms with van der Waals surface area (Å²) in [4.78, 5) is 2.38. The van der Waals surface area contributed by atoms with Gasteiger partial charge in [0.25, 0.3) is 0 Å². The Balaban J connectivity index is 1.02. The van der Waals surface area contributed by atoms with Crippen molar-refractivity contribution in [3.8, 4) is 50.2 Å². The van der Waals surface area contributed by atoms with Gasteiger partial charge in [-0.25, -0.2) is 0 Å². The van der Waals surface area contributed by atoms with Crippen LogP contribution in [0.5, 0.6) is 0 Å². The molecule has 10 rings (SSSR count). The standard InChI is InChI=1S/C60H46N2/c1-4-14-59-56(5-2)57-21-11-12-22-60(57)62(59)55-20-13-19-50(41-55)51-33-38-58(42(3)39-51)61(54-36-31-48(32-37-54)52-28-27-44-17-9-10-18-49(44)40-52)53-34-29-47(30-35-53)46-25-23-45(24-26-46)43-15-7-6-8-16-43/h4-41H,2H2,1,3H3/b14-4-. The van der Waals surface area contributed by atoms with Crippen molar-refractivity contribution in [2.75, 3.05) is 4.90 Å². The van der Waals surface area contributed by atoms with Crippen molar-refractivity contribution in [1.29, 1.82) is 0 Å². The largest absolute Gasteiger partial charge is 0.310 e. The molecule has 0 aliphatic heterocycles. The topological polar surface area (TPSA) is 8.17 Å². The molecule has 10 aromatic rings. The summed E-state index contributed by atoms with van der Waals surface area (Å²) in [5.74, 6) is 0. The van der Waals surface area contributed by atoms with Gasteiger partial charge in [-0.3, -0.25) is 0 Å². The fourth-order valence-electron chi connectivity index (χ4n) is 8.90. The molecular formula is C60H46N2. The molecule has 0 fully saturated rings. The first-order chi connectivity index (χ1) is 30.6. The van der Waals surface area contributed by atoms with E-state index in [1.54, 1.807) is 0 Å². The second-order valence-corrected chi connectivity index (χ2v) is 15.8. The van der Waals surface area contributed by atoms with Crippen LogP contribution in [0.25, 0.3) is 84.0 Å². The van der Waals surface area contributed by atoms with Crippen LogP contribution in [0, 0.1) is 6.92 Å². The van der Waals surface area contributed by atoms with Gasteiger partial charge in [0.1, 0.15) is 0 Å². The molecule has 0 bridgehead atoms. The van der Waals surface area contributed by atoms with E-state index in [-0.39, 0.29) is 0 Å². The van der Waals surface area contributed by atoms with Crippen molar-refractivity contribution in [3.05, 3.63) is 242 Å². The molecule has 0 spiro atoms. The zero-order chi connectivity index (χ0) is 42.0. The van der Waals surface area contributed by atoms with Crippen molar-refractivity contribution in [3.63, 3.8) is 0 Å². The van der Waals surface area contributed by atoms with E-state index >= 15 is 0 Å². The number of fused-ring (bicyclic) bond motifs is 2. The molecule has 0 radical (unpaired) electrons. The summed E-state index contributed by atoms with van der Waals surface area (Å²) in [5, 5.41) is 3.69. The number of para-hydroxylation sites is 1. The molecule has 2 heteroatoms. The van der Waals surface area contributed by atoms with Crippen LogP contribution in [0.3, 0.4) is 0 Å². The van der Waals surface area contributed by atoms with Crippen molar-refractivity contribution in [2.45, 2.75) is 13.8 Å². The predicted molar refractivity (Wildman–Crippen MR) is 267 cm³/mol. The van der Waals surface area contributed by atoms with Crippen molar-refractivity contribution < 1.29 is 0 Å². The molecule has 1 aromatic heterocycles. The average Bonchev–Trinajstić information content (AvgIpc) is 3.65. The lowest BCUT2D eigenvalue weighted by molar-refractivity contribution is 1.10. The Bertz CT molecular complexity index is 3240. The Morgan fingerprint density at radius 1 is 0.452 bits per heavy atom. The minimum atomic E-state index is 1.10. The van der Waals surface area contributed by atoms with Crippen LogP contribution in [0.2, 0.25) is 0 Å². The summed E-state index contributed by atoms with van der Waals surface area (Å²) in [7, 11) is 0. The molecule has 0 N–H and O–H groups in total. The van der Waals surface area contributed by atoms with E-state index in [4.69, 9.17) is 0 Å². The molecule has 0 aliphatic rings. The molecule has 296 valence electrons. The number of anilines is 3. The Labute approximate surface area is 364 Å². The summed E-state index contributed by atoms with van der Waals surface area (Å²) in [6, 6.07) is 76.9. The van der Waals surface area contributed by atoms with Gasteiger partial charge in [-0.05, 0) is 141 Å². The number of allylic oxidation sites excluding steroid dienone is 1. The molecule has 9 aromatic carbocycles. The normalized spacial score (nSPS) is 11.4. The Morgan fingerprint density at radius 3 is 1.63 bits per heavy atom. The fraction of sp³-hybridized carbons (Fsp3) is 0.0333. The maximum Gasteiger partial charge on any atom is 0.0541 e. The highest BCUT2D eigenvalue weighted by atomic mass is 15.1. The molecule has 0 amide bonds. The summed E-state index contributed by atoms with van der Waals surface area (Å²) in [5.41, 5.74) is 18.6. The van der Waals surface area contributed by atoms with Gasteiger partial charge in [0.2, 0.25) is 0 Å². The van der Waals surface area contributed by atoms with Crippen LogP contribution in [-0.4, -0.2) is 4.57 Å². The van der Waals surface area contributed by atoms with Gasteiger partial charge in [0.15, 0.2) is 0 Å². The summed E-state index contributed by atoms with van der Waals surface area (Å²) in [6.45, 7) is 8.47. The van der Waals surface area contributed by atoms with Crippen LogP contribution in [0.1, 0.15) is 23.7 Å². The molecule has 0 saturated heterocycles. The van der Waals surface area contributed by atoms with Gasteiger partial charge in [-0.2, -0.15) is 0 Å². The number of hydrogen-bond acceptors (Lipinski definition) is 1. The van der Waals surface area contributed by atoms with Crippen LogP contribution in [-0.2, 0) is 0 Å². The van der Waals surface area contributed by atoms with Crippen LogP contribution >= 0.6 is 0 Å². The SMILES string of the molecule is C=Cc1c(/C=C\C)n(-c2cccc(-c3ccc(N(c4ccc(-c5ccc(-c6ccccc6)cc5)cc4)c4ccc(-c5ccc6ccccc6c5)cc4)c(C)c3)c2)c2ccccc12. The molecule has 0 saturated carbocycles. The van der Waals surface area contributed by atoms with E-state index in [1.807, 2.05) is 6.08 Å². The summed E-state index contributed by atoms with van der Waals surface area (Å²) < 4.78 is 2.35. The Kier molecular flexibility index (Phi) is 10.3. The van der Waals surface area contributed by atoms with E-state index in [0.29, 0.717) is 0 Å². The molecule has 0 atom stereocenters. The maximum atomic E-state index is 4.18. The fourth-order valence-corrected chi connectivity index (χ4v) is 8.90. The van der Waals surface area contributed by atoms with Gasteiger partial charge in [0.05, 0.1) is 11.2 Å². The highest BCUT2D eigenvalue weighted by Gasteiger charge is 2.18. The Morgan fingerprint density at radius 2 is 0.968 bits per heavy atom. The molecular weight excluding hydrogens is 749 g/mol. The minimum absolute atomic E-state index is 1.10. The predicted octanol–water partition coefficient (Wildman–Crippen LogP) is 16.9. The van der Waals surface area contributed by atoms with Gasteiger partial charge in [-0.1, -0.05) is 170 Å². The van der Waals surface area contributed by atoms with Crippen LogP contribution in [0.15, 0.2) is 225 Å². The van der Waals surface area contributed by atoms with Gasteiger partial charge in [-0.15, -0.1) is 0 Å². The highest BCUT2D eigenvalue weighted by molar-refractivity contribution is 5.95. The van der Waals surface area contributed by atoms with Crippen molar-refractivity contribution in [2.24, 2.45) is 0 Å². The third kappa shape index (κ3) is 7.23. The smallest absolute Gasteiger partial charge is 0.0541 e. The molecule has 1 heterocycles. The number of aromatic nitrogens is 1. The summed E-state index contributed by atoms with van der Waals surface area (Å²) >= 11 is 0. The van der Waals surface area contributed by atoms with E-state index in [9.17, 15) is 0 Å². The number of rotatable bonds is 10. The van der Waals surface area contributed by atoms with Crippen molar-refractivity contribution in [1.82, 2.24) is 4.57 Å². The second kappa shape index (κ2) is 16.6. The molecule has 0 unspecified atom stereocenters. The lowest BCUT2D eigenvalue weighted by Gasteiger charge is -2.28. The van der Waals surface area contributed by atoms with E-state index in [0.717, 1.165) is 45.1 Å². The number of aryl methyl sites for hydroxylation is 1. The third-order valence-corrected chi connectivity index (χ3v) is 12.0. The van der Waals surface area contributed by atoms with Gasteiger partial charge < -0.3 is 9.47 Å². The molecule has 62 heavy (non-hydrogen) atoms. The van der Waals surface area contributed by atoms with Crippen molar-refractivity contribution >= 4 is 50.9 Å². The summed E-state index contributed by atoms with van der Waals surface area (Å²) in [6.07, 6.45) is 6.25. The van der Waals surface area contributed by atoms with Crippen LogP contribution < -0.4 is 4.90 Å². The number of nitrogens with zero attached hydrogens (tertiary/aromatic N) is 2. The molecule has 2 nitrogen and oxygen atoms in total. The number of hydrogen-bond donors (Lipinski definition) is 0. The minimum Gasteiger partial charge on any atom is -0.310 e.